The van der Waals surface area contributed by atoms with Gasteiger partial charge < -0.3 is 19.1 Å². The standard InChI is InChI=1S/C16H23Cl2NO4.ClH/c1-21-14-10-12(11-15(22-2)16(14)23-3)13(20)4-7-19(8-5-17)9-6-18;/h10-11H,4-9H2,1-3H3;1H. The smallest absolute Gasteiger partial charge is 0.203 e. The minimum atomic E-state index is -0.00148. The zero-order valence-electron chi connectivity index (χ0n) is 14.1. The van der Waals surface area contributed by atoms with Gasteiger partial charge in [0.2, 0.25) is 5.75 Å². The third-order valence-electron chi connectivity index (χ3n) is 3.44. The van der Waals surface area contributed by atoms with Crippen LogP contribution in [0.1, 0.15) is 16.8 Å². The Morgan fingerprint density at radius 1 is 0.958 bits per heavy atom. The third-order valence-corrected chi connectivity index (χ3v) is 3.78. The second kappa shape index (κ2) is 12.5. The van der Waals surface area contributed by atoms with Gasteiger partial charge in [0.05, 0.1) is 21.3 Å². The fraction of sp³-hybridized carbons (Fsp3) is 0.562. The molecule has 0 fully saturated rings. The van der Waals surface area contributed by atoms with Gasteiger partial charge in [-0.05, 0) is 12.1 Å². The van der Waals surface area contributed by atoms with E-state index in [-0.39, 0.29) is 18.2 Å². The maximum Gasteiger partial charge on any atom is 0.203 e. The number of hydrogen-bond donors (Lipinski definition) is 0. The molecule has 0 heterocycles. The van der Waals surface area contributed by atoms with Crippen LogP contribution in [0.25, 0.3) is 0 Å². The summed E-state index contributed by atoms with van der Waals surface area (Å²) in [5, 5.41) is 0. The average molecular weight is 401 g/mol. The second-order valence-electron chi connectivity index (χ2n) is 4.81. The zero-order valence-corrected chi connectivity index (χ0v) is 16.5. The van der Waals surface area contributed by atoms with Gasteiger partial charge in [0, 0.05) is 43.4 Å². The molecule has 0 N–H and O–H groups in total. The van der Waals surface area contributed by atoms with Crippen LogP contribution in [0.5, 0.6) is 17.2 Å². The number of ketones is 1. The molecule has 0 aliphatic heterocycles. The molecular formula is C16H24Cl3NO4. The van der Waals surface area contributed by atoms with Crippen molar-refractivity contribution in [2.75, 3.05) is 52.7 Å². The van der Waals surface area contributed by atoms with E-state index in [0.717, 1.165) is 0 Å². The number of hydrogen-bond acceptors (Lipinski definition) is 5. The van der Waals surface area contributed by atoms with Gasteiger partial charge in [-0.15, -0.1) is 35.6 Å². The summed E-state index contributed by atoms with van der Waals surface area (Å²) >= 11 is 11.5. The first-order valence-electron chi connectivity index (χ1n) is 7.28. The van der Waals surface area contributed by atoms with Crippen LogP contribution in [0.4, 0.5) is 0 Å². The normalized spacial score (nSPS) is 10.2. The van der Waals surface area contributed by atoms with Gasteiger partial charge in [0.15, 0.2) is 17.3 Å². The van der Waals surface area contributed by atoms with Crippen molar-refractivity contribution in [1.29, 1.82) is 0 Å². The highest BCUT2D eigenvalue weighted by molar-refractivity contribution is 6.18. The maximum absolute atomic E-state index is 12.4. The van der Waals surface area contributed by atoms with E-state index in [1.807, 2.05) is 0 Å². The lowest BCUT2D eigenvalue weighted by molar-refractivity contribution is 0.0966. The fourth-order valence-corrected chi connectivity index (χ4v) is 2.70. The van der Waals surface area contributed by atoms with E-state index in [4.69, 9.17) is 37.4 Å². The van der Waals surface area contributed by atoms with Gasteiger partial charge in [0.1, 0.15) is 0 Å². The average Bonchev–Trinajstić information content (AvgIpc) is 2.58. The van der Waals surface area contributed by atoms with Gasteiger partial charge in [-0.1, -0.05) is 0 Å². The minimum absolute atomic E-state index is 0. The van der Waals surface area contributed by atoms with Crippen LogP contribution >= 0.6 is 35.6 Å². The molecular weight excluding hydrogens is 377 g/mol. The van der Waals surface area contributed by atoms with Crippen LogP contribution in [-0.2, 0) is 0 Å². The van der Waals surface area contributed by atoms with Gasteiger partial charge >= 0.3 is 0 Å². The molecule has 0 atom stereocenters. The Kier molecular flexibility index (Phi) is 12.0. The highest BCUT2D eigenvalue weighted by Crippen LogP contribution is 2.38. The molecule has 24 heavy (non-hydrogen) atoms. The van der Waals surface area contributed by atoms with E-state index < -0.39 is 0 Å². The first-order valence-corrected chi connectivity index (χ1v) is 8.35. The number of alkyl halides is 2. The monoisotopic (exact) mass is 399 g/mol. The lowest BCUT2D eigenvalue weighted by Crippen LogP contribution is -2.30. The van der Waals surface area contributed by atoms with Crippen molar-refractivity contribution >= 4 is 41.4 Å². The highest BCUT2D eigenvalue weighted by atomic mass is 35.5. The van der Waals surface area contributed by atoms with Crippen molar-refractivity contribution in [2.45, 2.75) is 6.42 Å². The number of nitrogens with zero attached hydrogens (tertiary/aromatic N) is 1. The second-order valence-corrected chi connectivity index (χ2v) is 5.56. The first-order chi connectivity index (χ1) is 11.1. The summed E-state index contributed by atoms with van der Waals surface area (Å²) in [6, 6.07) is 3.33. The number of halogens is 3. The largest absolute Gasteiger partial charge is 0.493 e. The Balaban J connectivity index is 0.00000529. The summed E-state index contributed by atoms with van der Waals surface area (Å²) < 4.78 is 15.8. The van der Waals surface area contributed by atoms with E-state index in [0.29, 0.717) is 60.6 Å². The van der Waals surface area contributed by atoms with Crippen molar-refractivity contribution in [2.24, 2.45) is 0 Å². The van der Waals surface area contributed by atoms with E-state index in [1.54, 1.807) is 12.1 Å². The molecule has 0 unspecified atom stereocenters. The molecule has 0 saturated carbocycles. The molecule has 1 rings (SSSR count). The predicted octanol–water partition coefficient (Wildman–Crippen LogP) is 3.49. The number of carbonyl (C=O) groups is 1. The summed E-state index contributed by atoms with van der Waals surface area (Å²) in [5.74, 6) is 2.42. The molecule has 1 aromatic rings. The van der Waals surface area contributed by atoms with Crippen LogP contribution < -0.4 is 14.2 Å². The van der Waals surface area contributed by atoms with Crippen LogP contribution in [0.3, 0.4) is 0 Å². The molecule has 1 aromatic carbocycles. The maximum atomic E-state index is 12.4. The molecule has 0 aliphatic rings. The lowest BCUT2D eigenvalue weighted by Gasteiger charge is -2.19. The summed E-state index contributed by atoms with van der Waals surface area (Å²) in [4.78, 5) is 14.5. The van der Waals surface area contributed by atoms with Gasteiger partial charge in [0.25, 0.3) is 0 Å². The van der Waals surface area contributed by atoms with Crippen molar-refractivity contribution < 1.29 is 19.0 Å². The molecule has 0 aromatic heterocycles. The molecule has 0 saturated heterocycles. The predicted molar refractivity (Wildman–Crippen MR) is 100 cm³/mol. The van der Waals surface area contributed by atoms with Crippen LogP contribution in [0, 0.1) is 0 Å². The Hall–Kier alpha value is -0.880. The zero-order chi connectivity index (χ0) is 17.2. The van der Waals surface area contributed by atoms with Crippen molar-refractivity contribution in [3.63, 3.8) is 0 Å². The summed E-state index contributed by atoms with van der Waals surface area (Å²) in [5.41, 5.74) is 0.524. The van der Waals surface area contributed by atoms with Crippen LogP contribution in [0.15, 0.2) is 12.1 Å². The van der Waals surface area contributed by atoms with E-state index in [2.05, 4.69) is 4.90 Å². The minimum Gasteiger partial charge on any atom is -0.493 e. The molecule has 0 amide bonds. The number of carbonyl (C=O) groups excluding carboxylic acids is 1. The fourth-order valence-electron chi connectivity index (χ4n) is 2.22. The number of rotatable bonds is 11. The van der Waals surface area contributed by atoms with Gasteiger partial charge in [-0.3, -0.25) is 4.79 Å². The first kappa shape index (κ1) is 23.1. The Morgan fingerprint density at radius 2 is 1.46 bits per heavy atom. The van der Waals surface area contributed by atoms with E-state index in [1.165, 1.54) is 21.3 Å². The molecule has 8 heteroatoms. The molecule has 5 nitrogen and oxygen atoms in total. The van der Waals surface area contributed by atoms with Crippen molar-refractivity contribution in [1.82, 2.24) is 4.90 Å². The van der Waals surface area contributed by atoms with Crippen LogP contribution in [0.2, 0.25) is 0 Å². The SMILES string of the molecule is COc1cc(C(=O)CCN(CCCl)CCCl)cc(OC)c1OC.Cl. The highest BCUT2D eigenvalue weighted by Gasteiger charge is 2.17. The van der Waals surface area contributed by atoms with Crippen LogP contribution in [-0.4, -0.2) is 63.4 Å². The number of ether oxygens (including phenoxy) is 3. The molecule has 138 valence electrons. The molecule has 0 spiro atoms. The Bertz CT molecular complexity index is 483. The molecule has 0 bridgehead atoms. The summed E-state index contributed by atoms with van der Waals surface area (Å²) in [6.07, 6.45) is 0.367. The van der Waals surface area contributed by atoms with Crippen molar-refractivity contribution in [3.05, 3.63) is 17.7 Å². The number of Topliss-reactive ketones (excluding diaryl/α,β-unsaturated/α-hetero) is 1. The number of methoxy groups -OCH3 is 3. The van der Waals surface area contributed by atoms with E-state index >= 15 is 0 Å². The van der Waals surface area contributed by atoms with E-state index in [9.17, 15) is 4.79 Å². The van der Waals surface area contributed by atoms with Crippen molar-refractivity contribution in [3.8, 4) is 17.2 Å². The summed E-state index contributed by atoms with van der Waals surface area (Å²) in [7, 11) is 4.57. The lowest BCUT2D eigenvalue weighted by atomic mass is 10.1. The number of benzene rings is 1. The molecule has 0 aliphatic carbocycles. The molecule has 0 radical (unpaired) electrons. The Labute approximate surface area is 159 Å². The summed E-state index contributed by atoms with van der Waals surface area (Å²) in [6.45, 7) is 2.02. The van der Waals surface area contributed by atoms with Gasteiger partial charge in [-0.25, -0.2) is 0 Å². The quantitative estimate of drug-likeness (QED) is 0.420. The van der Waals surface area contributed by atoms with Gasteiger partial charge in [-0.2, -0.15) is 0 Å². The Morgan fingerprint density at radius 3 is 1.83 bits per heavy atom. The third kappa shape index (κ3) is 6.55. The topological polar surface area (TPSA) is 48.0 Å².